The second-order valence-electron chi connectivity index (χ2n) is 9.06. The standard InChI is InChI=1S/C23H31N3O3S/c1-23-10-11-26(2)22(13-17-5-8-19(27)14-20(17)23)21(23)15-25-18-6-3-16(4-7-18)9-12-30(24,28)29/h3-8,14,21-22,25,27H,9-13,15H2,1-2H3,(H2,24,28,29)/t21-,22+,23+/m0/s1. The number of nitrogens with two attached hydrogens (primary N) is 1. The van der Waals surface area contributed by atoms with E-state index in [1.807, 2.05) is 30.3 Å². The summed E-state index contributed by atoms with van der Waals surface area (Å²) in [7, 11) is -1.23. The minimum Gasteiger partial charge on any atom is -0.508 e. The van der Waals surface area contributed by atoms with Gasteiger partial charge in [0.05, 0.1) is 5.75 Å². The van der Waals surface area contributed by atoms with E-state index in [1.165, 1.54) is 11.1 Å². The Balaban J connectivity index is 1.50. The van der Waals surface area contributed by atoms with Crippen LogP contribution in [-0.4, -0.2) is 50.4 Å². The highest BCUT2D eigenvalue weighted by Gasteiger charge is 2.49. The summed E-state index contributed by atoms with van der Waals surface area (Å²) < 4.78 is 22.3. The second-order valence-corrected chi connectivity index (χ2v) is 10.8. The largest absolute Gasteiger partial charge is 0.508 e. The van der Waals surface area contributed by atoms with Crippen molar-refractivity contribution in [2.75, 3.05) is 31.2 Å². The molecule has 30 heavy (non-hydrogen) atoms. The average molecular weight is 430 g/mol. The molecule has 0 saturated carbocycles. The number of likely N-dealkylation sites (tertiary alicyclic amines) is 1. The number of hydrogen-bond donors (Lipinski definition) is 3. The van der Waals surface area contributed by atoms with E-state index in [0.717, 1.165) is 37.2 Å². The average Bonchev–Trinajstić information content (AvgIpc) is 2.69. The number of aryl methyl sites for hydroxylation is 1. The minimum atomic E-state index is -3.44. The highest BCUT2D eigenvalue weighted by molar-refractivity contribution is 7.89. The van der Waals surface area contributed by atoms with Gasteiger partial charge in [-0.2, -0.15) is 0 Å². The molecule has 7 heteroatoms. The number of benzene rings is 2. The smallest absolute Gasteiger partial charge is 0.209 e. The Morgan fingerprint density at radius 1 is 1.23 bits per heavy atom. The number of primary sulfonamides is 1. The lowest BCUT2D eigenvalue weighted by atomic mass is 9.58. The molecule has 4 rings (SSSR count). The molecule has 2 aromatic rings. The van der Waals surface area contributed by atoms with E-state index >= 15 is 0 Å². The van der Waals surface area contributed by atoms with Crippen LogP contribution in [0.3, 0.4) is 0 Å². The predicted octanol–water partition coefficient (Wildman–Crippen LogP) is 2.47. The van der Waals surface area contributed by atoms with Gasteiger partial charge in [0, 0.05) is 29.6 Å². The molecule has 2 bridgehead atoms. The lowest BCUT2D eigenvalue weighted by Gasteiger charge is -2.55. The molecule has 0 spiro atoms. The number of phenolic OH excluding ortho intramolecular Hbond substituents is 1. The first-order valence-electron chi connectivity index (χ1n) is 10.5. The van der Waals surface area contributed by atoms with Crippen LogP contribution in [0.4, 0.5) is 5.69 Å². The van der Waals surface area contributed by atoms with Crippen LogP contribution in [0.1, 0.15) is 30.0 Å². The Labute approximate surface area is 179 Å². The van der Waals surface area contributed by atoms with Crippen molar-refractivity contribution >= 4 is 15.7 Å². The van der Waals surface area contributed by atoms with Gasteiger partial charge in [0.2, 0.25) is 10.0 Å². The number of piperidine rings is 1. The summed E-state index contributed by atoms with van der Waals surface area (Å²) >= 11 is 0. The Morgan fingerprint density at radius 2 is 1.97 bits per heavy atom. The molecule has 2 aromatic carbocycles. The van der Waals surface area contributed by atoms with Crippen molar-refractivity contribution in [1.82, 2.24) is 4.90 Å². The van der Waals surface area contributed by atoms with E-state index in [4.69, 9.17) is 5.14 Å². The first-order valence-corrected chi connectivity index (χ1v) is 12.2. The Morgan fingerprint density at radius 3 is 2.67 bits per heavy atom. The van der Waals surface area contributed by atoms with Crippen molar-refractivity contribution in [3.63, 3.8) is 0 Å². The molecular weight excluding hydrogens is 398 g/mol. The molecular formula is C23H31N3O3S. The fourth-order valence-corrected chi connectivity index (χ4v) is 5.78. The third kappa shape index (κ3) is 4.19. The SMILES string of the molecule is CN1CC[C@]2(C)c3cc(O)ccc3C[C@@H]1[C@@H]2CNc1ccc(CCS(N)(=O)=O)cc1. The molecule has 1 aliphatic carbocycles. The fourth-order valence-electron chi connectivity index (χ4n) is 5.26. The molecule has 1 fully saturated rings. The number of sulfonamides is 1. The number of rotatable bonds is 6. The van der Waals surface area contributed by atoms with Crippen LogP contribution in [0.2, 0.25) is 0 Å². The molecule has 4 N–H and O–H groups in total. The van der Waals surface area contributed by atoms with Crippen LogP contribution in [-0.2, 0) is 28.3 Å². The van der Waals surface area contributed by atoms with E-state index in [-0.39, 0.29) is 11.2 Å². The number of nitrogens with one attached hydrogen (secondary N) is 1. The van der Waals surface area contributed by atoms with Gasteiger partial charge < -0.3 is 15.3 Å². The lowest BCUT2D eigenvalue weighted by molar-refractivity contribution is 0.0472. The van der Waals surface area contributed by atoms with Crippen LogP contribution >= 0.6 is 0 Å². The van der Waals surface area contributed by atoms with Crippen molar-refractivity contribution in [1.29, 1.82) is 0 Å². The summed E-state index contributed by atoms with van der Waals surface area (Å²) in [6.07, 6.45) is 2.49. The first-order chi connectivity index (χ1) is 14.2. The van der Waals surface area contributed by atoms with Crippen LogP contribution in [0.5, 0.6) is 5.75 Å². The molecule has 0 unspecified atom stereocenters. The molecule has 3 atom stereocenters. The van der Waals surface area contributed by atoms with E-state index in [0.29, 0.717) is 24.1 Å². The maximum absolute atomic E-state index is 11.2. The van der Waals surface area contributed by atoms with E-state index in [9.17, 15) is 13.5 Å². The molecule has 1 heterocycles. The van der Waals surface area contributed by atoms with Gasteiger partial charge >= 0.3 is 0 Å². The number of fused-ring (bicyclic) bond motifs is 4. The number of hydrogen-bond acceptors (Lipinski definition) is 5. The highest BCUT2D eigenvalue weighted by atomic mass is 32.2. The summed E-state index contributed by atoms with van der Waals surface area (Å²) in [5.41, 5.74) is 4.64. The van der Waals surface area contributed by atoms with Crippen molar-refractivity contribution in [2.45, 2.75) is 37.6 Å². The second kappa shape index (κ2) is 7.87. The maximum atomic E-state index is 11.2. The monoisotopic (exact) mass is 429 g/mol. The van der Waals surface area contributed by atoms with Gasteiger partial charge in [-0.25, -0.2) is 13.6 Å². The summed E-state index contributed by atoms with van der Waals surface area (Å²) in [4.78, 5) is 2.47. The minimum absolute atomic E-state index is 0.0198. The van der Waals surface area contributed by atoms with Crippen LogP contribution in [0.15, 0.2) is 42.5 Å². The van der Waals surface area contributed by atoms with Gasteiger partial charge in [-0.3, -0.25) is 0 Å². The molecule has 6 nitrogen and oxygen atoms in total. The Kier molecular flexibility index (Phi) is 5.55. The summed E-state index contributed by atoms with van der Waals surface area (Å²) in [6.45, 7) is 4.25. The Bertz CT molecular complexity index is 1020. The molecule has 0 amide bonds. The number of likely N-dealkylation sites (N-methyl/N-ethyl adjacent to an activating group) is 1. The molecule has 0 aromatic heterocycles. The van der Waals surface area contributed by atoms with Gasteiger partial charge in [0.15, 0.2) is 0 Å². The third-order valence-corrected chi connectivity index (χ3v) is 7.90. The van der Waals surface area contributed by atoms with E-state index in [1.54, 1.807) is 6.07 Å². The van der Waals surface area contributed by atoms with E-state index in [2.05, 4.69) is 30.3 Å². The third-order valence-electron chi connectivity index (χ3n) is 7.13. The zero-order chi connectivity index (χ0) is 21.5. The van der Waals surface area contributed by atoms with Crippen molar-refractivity contribution < 1.29 is 13.5 Å². The zero-order valence-electron chi connectivity index (χ0n) is 17.6. The van der Waals surface area contributed by atoms with Crippen LogP contribution in [0, 0.1) is 5.92 Å². The van der Waals surface area contributed by atoms with Gasteiger partial charge in [-0.15, -0.1) is 0 Å². The summed E-state index contributed by atoms with van der Waals surface area (Å²) in [5, 5.41) is 18.8. The van der Waals surface area contributed by atoms with Gasteiger partial charge in [0.1, 0.15) is 5.75 Å². The number of phenols is 1. The van der Waals surface area contributed by atoms with Crippen molar-refractivity contribution in [3.8, 4) is 5.75 Å². The maximum Gasteiger partial charge on any atom is 0.209 e. The van der Waals surface area contributed by atoms with Gasteiger partial charge in [-0.05, 0) is 73.8 Å². The lowest BCUT2D eigenvalue weighted by Crippen LogP contribution is -2.59. The van der Waals surface area contributed by atoms with Gasteiger partial charge in [-0.1, -0.05) is 25.1 Å². The number of aromatic hydroxyl groups is 1. The van der Waals surface area contributed by atoms with Gasteiger partial charge in [0.25, 0.3) is 0 Å². The quantitative estimate of drug-likeness (QED) is 0.656. The van der Waals surface area contributed by atoms with Crippen molar-refractivity contribution in [2.24, 2.45) is 11.1 Å². The number of anilines is 1. The Hall–Kier alpha value is -2.09. The zero-order valence-corrected chi connectivity index (χ0v) is 18.5. The highest BCUT2D eigenvalue weighted by Crippen LogP contribution is 2.49. The van der Waals surface area contributed by atoms with Crippen LogP contribution < -0.4 is 10.5 Å². The topological polar surface area (TPSA) is 95.7 Å². The molecule has 0 radical (unpaired) electrons. The first kappa shape index (κ1) is 21.2. The van der Waals surface area contributed by atoms with E-state index < -0.39 is 10.0 Å². The summed E-state index contributed by atoms with van der Waals surface area (Å²) in [5.74, 6) is 0.724. The van der Waals surface area contributed by atoms with Crippen LogP contribution in [0.25, 0.3) is 0 Å². The molecule has 1 saturated heterocycles. The number of nitrogens with zero attached hydrogens (tertiary/aromatic N) is 1. The van der Waals surface area contributed by atoms with Crippen molar-refractivity contribution in [3.05, 3.63) is 59.2 Å². The normalized spacial score (nSPS) is 26.2. The molecule has 1 aliphatic heterocycles. The molecule has 162 valence electrons. The fraction of sp³-hybridized carbons (Fsp3) is 0.478. The summed E-state index contributed by atoms with van der Waals surface area (Å²) in [6, 6.07) is 14.2. The predicted molar refractivity (Wildman–Crippen MR) is 120 cm³/mol. The molecule has 2 aliphatic rings.